The smallest absolute Gasteiger partial charge is 0.379 e. The number of hydrogen-bond acceptors (Lipinski definition) is 5. The van der Waals surface area contributed by atoms with Crippen LogP contribution in [-0.2, 0) is 20.9 Å². The third-order valence-corrected chi connectivity index (χ3v) is 4.38. The molecule has 0 saturated heterocycles. The van der Waals surface area contributed by atoms with Gasteiger partial charge in [0.25, 0.3) is 5.78 Å². The molecule has 3 rings (SSSR count). The van der Waals surface area contributed by atoms with Crippen molar-refractivity contribution in [2.24, 2.45) is 0 Å². The quantitative estimate of drug-likeness (QED) is 0.273. The molecule has 6 nitrogen and oxygen atoms in total. The van der Waals surface area contributed by atoms with Crippen LogP contribution in [0.2, 0.25) is 0 Å². The third-order valence-electron chi connectivity index (χ3n) is 4.38. The average Bonchev–Trinajstić information content (AvgIpc) is 3.06. The first kappa shape index (κ1) is 21.0. The SMILES string of the molecule is CCOC(=O)C(=O)/C=C(/O)c1cn(Cc2cc(F)cc(F)c2)c2cccc(OC)c12. The normalized spacial score (nSPS) is 11.5. The van der Waals surface area contributed by atoms with Crippen LogP contribution in [0, 0.1) is 11.6 Å². The molecule has 0 atom stereocenters. The fourth-order valence-corrected chi connectivity index (χ4v) is 3.18. The van der Waals surface area contributed by atoms with E-state index in [0.29, 0.717) is 22.2 Å². The van der Waals surface area contributed by atoms with Crippen molar-refractivity contribution in [3.63, 3.8) is 0 Å². The molecule has 1 aromatic heterocycles. The molecule has 0 aliphatic rings. The molecule has 30 heavy (non-hydrogen) atoms. The van der Waals surface area contributed by atoms with E-state index in [0.717, 1.165) is 12.1 Å². The Hall–Kier alpha value is -3.68. The highest BCUT2D eigenvalue weighted by molar-refractivity contribution is 6.39. The Labute approximate surface area is 170 Å². The van der Waals surface area contributed by atoms with Crippen LogP contribution in [0.15, 0.2) is 48.7 Å². The fourth-order valence-electron chi connectivity index (χ4n) is 3.18. The molecule has 0 fully saturated rings. The number of esters is 1. The van der Waals surface area contributed by atoms with Crippen molar-refractivity contribution in [2.45, 2.75) is 13.5 Å². The van der Waals surface area contributed by atoms with E-state index < -0.39 is 29.1 Å². The maximum absolute atomic E-state index is 13.6. The molecule has 0 amide bonds. The molecule has 0 radical (unpaired) electrons. The number of rotatable bonds is 7. The van der Waals surface area contributed by atoms with Crippen LogP contribution in [0.4, 0.5) is 8.78 Å². The van der Waals surface area contributed by atoms with E-state index >= 15 is 0 Å². The predicted molar refractivity (Wildman–Crippen MR) is 106 cm³/mol. The molecule has 0 aliphatic carbocycles. The van der Waals surface area contributed by atoms with Crippen molar-refractivity contribution in [1.82, 2.24) is 4.57 Å². The van der Waals surface area contributed by atoms with Gasteiger partial charge in [0.15, 0.2) is 0 Å². The second-order valence-corrected chi connectivity index (χ2v) is 6.42. The Kier molecular flexibility index (Phi) is 6.15. The monoisotopic (exact) mass is 415 g/mol. The minimum Gasteiger partial charge on any atom is -0.507 e. The molecule has 0 spiro atoms. The molecule has 1 heterocycles. The van der Waals surface area contributed by atoms with Gasteiger partial charge in [-0.3, -0.25) is 4.79 Å². The van der Waals surface area contributed by atoms with Crippen molar-refractivity contribution >= 4 is 28.4 Å². The number of fused-ring (bicyclic) bond motifs is 1. The molecule has 156 valence electrons. The van der Waals surface area contributed by atoms with Crippen LogP contribution in [-0.4, -0.2) is 35.1 Å². The summed E-state index contributed by atoms with van der Waals surface area (Å²) < 4.78 is 38.8. The number of carbonyl (C=O) groups excluding carboxylic acids is 2. The van der Waals surface area contributed by atoms with Crippen LogP contribution >= 0.6 is 0 Å². The van der Waals surface area contributed by atoms with Crippen LogP contribution in [0.3, 0.4) is 0 Å². The van der Waals surface area contributed by atoms with Gasteiger partial charge in [-0.05, 0) is 36.8 Å². The van der Waals surface area contributed by atoms with Gasteiger partial charge >= 0.3 is 5.97 Å². The minimum absolute atomic E-state index is 0.0243. The molecule has 0 saturated carbocycles. The second kappa shape index (κ2) is 8.77. The highest BCUT2D eigenvalue weighted by Gasteiger charge is 2.19. The maximum Gasteiger partial charge on any atom is 0.379 e. The summed E-state index contributed by atoms with van der Waals surface area (Å²) in [5, 5.41) is 11.0. The lowest BCUT2D eigenvalue weighted by molar-refractivity contribution is -0.151. The van der Waals surface area contributed by atoms with Crippen molar-refractivity contribution in [3.05, 3.63) is 71.4 Å². The largest absolute Gasteiger partial charge is 0.507 e. The minimum atomic E-state index is -1.09. The summed E-state index contributed by atoms with van der Waals surface area (Å²) in [6, 6.07) is 8.30. The number of carbonyl (C=O) groups is 2. The molecule has 1 N–H and O–H groups in total. The lowest BCUT2D eigenvalue weighted by atomic mass is 10.1. The van der Waals surface area contributed by atoms with Crippen LogP contribution < -0.4 is 4.74 Å². The van der Waals surface area contributed by atoms with Gasteiger partial charge in [-0.15, -0.1) is 0 Å². The number of ketones is 1. The highest BCUT2D eigenvalue weighted by atomic mass is 19.1. The summed E-state index contributed by atoms with van der Waals surface area (Å²) in [5.41, 5.74) is 1.18. The lowest BCUT2D eigenvalue weighted by Crippen LogP contribution is -2.15. The van der Waals surface area contributed by atoms with Gasteiger partial charge in [0, 0.05) is 30.4 Å². The number of aliphatic hydroxyl groups is 1. The summed E-state index contributed by atoms with van der Waals surface area (Å²) in [7, 11) is 1.45. The molecule has 8 heteroatoms. The summed E-state index contributed by atoms with van der Waals surface area (Å²) >= 11 is 0. The first-order valence-corrected chi connectivity index (χ1v) is 9.07. The number of halogens is 2. The van der Waals surface area contributed by atoms with E-state index in [-0.39, 0.29) is 18.7 Å². The third kappa shape index (κ3) is 4.32. The van der Waals surface area contributed by atoms with Crippen molar-refractivity contribution in [2.75, 3.05) is 13.7 Å². The number of aromatic nitrogens is 1. The fraction of sp³-hybridized carbons (Fsp3) is 0.182. The molecular formula is C22H19F2NO5. The first-order valence-electron chi connectivity index (χ1n) is 9.07. The molecule has 0 unspecified atom stereocenters. The summed E-state index contributed by atoms with van der Waals surface area (Å²) in [5.74, 6) is -3.57. The number of nitrogens with zero attached hydrogens (tertiary/aromatic N) is 1. The molecule has 3 aromatic rings. The Morgan fingerprint density at radius 3 is 2.50 bits per heavy atom. The molecule has 0 aliphatic heterocycles. The van der Waals surface area contributed by atoms with Gasteiger partial charge in [0.1, 0.15) is 23.1 Å². The number of hydrogen-bond donors (Lipinski definition) is 1. The highest BCUT2D eigenvalue weighted by Crippen LogP contribution is 2.34. The standard InChI is InChI=1S/C22H19F2NO5/c1-3-30-22(28)19(27)10-18(26)16-12-25(11-13-7-14(23)9-15(24)8-13)17-5-4-6-20(29-2)21(16)17/h4-10,12,26H,3,11H2,1-2H3/b18-10+. The van der Waals surface area contributed by atoms with Gasteiger partial charge in [0.2, 0.25) is 0 Å². The lowest BCUT2D eigenvalue weighted by Gasteiger charge is -2.07. The maximum atomic E-state index is 13.6. The number of ether oxygens (including phenoxy) is 2. The first-order chi connectivity index (χ1) is 14.3. The van der Waals surface area contributed by atoms with Crippen LogP contribution in [0.5, 0.6) is 5.75 Å². The molecule has 2 aromatic carbocycles. The van der Waals surface area contributed by atoms with E-state index in [4.69, 9.17) is 4.74 Å². The zero-order chi connectivity index (χ0) is 21.8. The summed E-state index contributed by atoms with van der Waals surface area (Å²) in [4.78, 5) is 23.5. The van der Waals surface area contributed by atoms with E-state index in [1.54, 1.807) is 29.7 Å². The Morgan fingerprint density at radius 1 is 1.17 bits per heavy atom. The number of aliphatic hydroxyl groups excluding tert-OH is 1. The van der Waals surface area contributed by atoms with Crippen molar-refractivity contribution in [3.8, 4) is 5.75 Å². The molecular weight excluding hydrogens is 396 g/mol. The summed E-state index contributed by atoms with van der Waals surface area (Å²) in [6.45, 7) is 1.68. The van der Waals surface area contributed by atoms with Gasteiger partial charge in [-0.1, -0.05) is 6.07 Å². The topological polar surface area (TPSA) is 77.8 Å². The van der Waals surface area contributed by atoms with E-state index in [1.807, 2.05) is 0 Å². The van der Waals surface area contributed by atoms with Gasteiger partial charge in [-0.2, -0.15) is 0 Å². The van der Waals surface area contributed by atoms with Crippen molar-refractivity contribution in [1.29, 1.82) is 0 Å². The number of methoxy groups -OCH3 is 1. The van der Waals surface area contributed by atoms with Crippen LogP contribution in [0.25, 0.3) is 16.7 Å². The van der Waals surface area contributed by atoms with Gasteiger partial charge in [0.05, 0.1) is 24.6 Å². The Bertz CT molecular complexity index is 1130. The Morgan fingerprint density at radius 2 is 1.87 bits per heavy atom. The number of benzene rings is 2. The predicted octanol–water partition coefficient (Wildman–Crippen LogP) is 4.01. The van der Waals surface area contributed by atoms with E-state index in [9.17, 15) is 23.5 Å². The second-order valence-electron chi connectivity index (χ2n) is 6.42. The van der Waals surface area contributed by atoms with Crippen LogP contribution in [0.1, 0.15) is 18.1 Å². The summed E-state index contributed by atoms with van der Waals surface area (Å²) in [6.07, 6.45) is 2.28. The average molecular weight is 415 g/mol. The van der Waals surface area contributed by atoms with Gasteiger partial charge in [-0.25, -0.2) is 13.6 Å². The zero-order valence-corrected chi connectivity index (χ0v) is 16.3. The van der Waals surface area contributed by atoms with E-state index in [2.05, 4.69) is 4.74 Å². The Balaban J connectivity index is 2.10. The van der Waals surface area contributed by atoms with E-state index in [1.165, 1.54) is 25.4 Å². The van der Waals surface area contributed by atoms with Gasteiger partial charge < -0.3 is 19.1 Å². The molecule has 0 bridgehead atoms. The zero-order valence-electron chi connectivity index (χ0n) is 16.3. The van der Waals surface area contributed by atoms with Crippen molar-refractivity contribution < 1.29 is 33.0 Å².